The zero-order chi connectivity index (χ0) is 14.7. The van der Waals surface area contributed by atoms with E-state index >= 15 is 0 Å². The number of carbonyl (C=O) groups excluding carboxylic acids is 1. The summed E-state index contributed by atoms with van der Waals surface area (Å²) in [5.74, 6) is -0.543. The van der Waals surface area contributed by atoms with Gasteiger partial charge >= 0.3 is 0 Å². The Kier molecular flexibility index (Phi) is 4.39. The van der Waals surface area contributed by atoms with E-state index in [-0.39, 0.29) is 17.5 Å². The molecule has 1 unspecified atom stereocenters. The highest BCUT2D eigenvalue weighted by molar-refractivity contribution is 9.10. The Labute approximate surface area is 126 Å². The monoisotopic (exact) mass is 334 g/mol. The van der Waals surface area contributed by atoms with Crippen molar-refractivity contribution in [1.29, 1.82) is 0 Å². The standard InChI is InChI=1S/C15H15BrN2O2/c1-9-3-5-11(6-4-9)10(2)17-15(20)14-12(19)7-8-13(16)18-14/h3-8,10,19H,1-2H3,(H,17,20). The number of pyridine rings is 1. The first-order valence-electron chi connectivity index (χ1n) is 6.20. The third-order valence-corrected chi connectivity index (χ3v) is 3.42. The number of aromatic nitrogens is 1. The second-order valence-electron chi connectivity index (χ2n) is 4.61. The lowest BCUT2D eigenvalue weighted by Crippen LogP contribution is -2.27. The van der Waals surface area contributed by atoms with Crippen LogP contribution in [-0.4, -0.2) is 16.0 Å². The molecule has 0 bridgehead atoms. The highest BCUT2D eigenvalue weighted by Crippen LogP contribution is 2.19. The van der Waals surface area contributed by atoms with Gasteiger partial charge in [0.2, 0.25) is 0 Å². The van der Waals surface area contributed by atoms with Crippen molar-refractivity contribution in [3.05, 3.63) is 57.8 Å². The highest BCUT2D eigenvalue weighted by atomic mass is 79.9. The Hall–Kier alpha value is -1.88. The van der Waals surface area contributed by atoms with E-state index in [0.29, 0.717) is 4.60 Å². The zero-order valence-electron chi connectivity index (χ0n) is 11.2. The van der Waals surface area contributed by atoms with E-state index in [1.54, 1.807) is 6.07 Å². The molecule has 0 radical (unpaired) electrons. The number of hydrogen-bond acceptors (Lipinski definition) is 3. The number of nitrogens with one attached hydrogen (secondary N) is 1. The minimum absolute atomic E-state index is 0.0123. The molecule has 1 aromatic heterocycles. The van der Waals surface area contributed by atoms with Crippen LogP contribution in [0.4, 0.5) is 0 Å². The molecule has 2 rings (SSSR count). The first-order chi connectivity index (χ1) is 9.47. The minimum Gasteiger partial charge on any atom is -0.505 e. The van der Waals surface area contributed by atoms with Gasteiger partial charge < -0.3 is 10.4 Å². The number of benzene rings is 1. The summed E-state index contributed by atoms with van der Waals surface area (Å²) in [5.41, 5.74) is 2.18. The second-order valence-corrected chi connectivity index (χ2v) is 5.42. The highest BCUT2D eigenvalue weighted by Gasteiger charge is 2.16. The molecule has 0 saturated carbocycles. The first kappa shape index (κ1) is 14.5. The molecule has 0 fully saturated rings. The summed E-state index contributed by atoms with van der Waals surface area (Å²) >= 11 is 3.18. The number of carbonyl (C=O) groups is 1. The number of hydrogen-bond donors (Lipinski definition) is 2. The molecule has 1 amide bonds. The topological polar surface area (TPSA) is 62.2 Å². The normalized spacial score (nSPS) is 11.9. The van der Waals surface area contributed by atoms with Crippen molar-refractivity contribution >= 4 is 21.8 Å². The molecule has 1 atom stereocenters. The fourth-order valence-corrected chi connectivity index (χ4v) is 2.11. The van der Waals surface area contributed by atoms with Crippen LogP contribution in [0, 0.1) is 6.92 Å². The largest absolute Gasteiger partial charge is 0.505 e. The van der Waals surface area contributed by atoms with Gasteiger partial charge in [-0.3, -0.25) is 4.79 Å². The molecule has 0 aliphatic heterocycles. The SMILES string of the molecule is Cc1ccc(C(C)NC(=O)c2nc(Br)ccc2O)cc1. The van der Waals surface area contributed by atoms with Crippen LogP contribution in [0.1, 0.15) is 34.6 Å². The predicted molar refractivity (Wildman–Crippen MR) is 80.7 cm³/mol. The number of rotatable bonds is 3. The summed E-state index contributed by atoms with van der Waals surface area (Å²) in [4.78, 5) is 16.1. The summed E-state index contributed by atoms with van der Waals surface area (Å²) in [5, 5.41) is 12.5. The van der Waals surface area contributed by atoms with Crippen molar-refractivity contribution in [3.63, 3.8) is 0 Å². The minimum atomic E-state index is -0.406. The van der Waals surface area contributed by atoms with Crippen LogP contribution in [0.25, 0.3) is 0 Å². The van der Waals surface area contributed by atoms with Crippen LogP contribution in [0.5, 0.6) is 5.75 Å². The Bertz CT molecular complexity index is 626. The molecule has 1 heterocycles. The molecule has 5 heteroatoms. The quantitative estimate of drug-likeness (QED) is 0.846. The van der Waals surface area contributed by atoms with Crippen LogP contribution < -0.4 is 5.32 Å². The van der Waals surface area contributed by atoms with Crippen LogP contribution >= 0.6 is 15.9 Å². The average Bonchev–Trinajstić information content (AvgIpc) is 2.42. The van der Waals surface area contributed by atoms with Crippen LogP contribution in [0.2, 0.25) is 0 Å². The van der Waals surface area contributed by atoms with E-state index in [9.17, 15) is 9.90 Å². The number of halogens is 1. The van der Waals surface area contributed by atoms with Gasteiger partial charge in [-0.05, 0) is 47.5 Å². The molecule has 0 spiro atoms. The van der Waals surface area contributed by atoms with Crippen LogP contribution in [-0.2, 0) is 0 Å². The van der Waals surface area contributed by atoms with Gasteiger partial charge in [-0.25, -0.2) is 4.98 Å². The Balaban J connectivity index is 2.15. The third kappa shape index (κ3) is 3.36. The lowest BCUT2D eigenvalue weighted by molar-refractivity contribution is 0.0931. The predicted octanol–water partition coefficient (Wildman–Crippen LogP) is 3.35. The summed E-state index contributed by atoms with van der Waals surface area (Å²) in [6.45, 7) is 3.90. The maximum atomic E-state index is 12.1. The van der Waals surface area contributed by atoms with Crippen LogP contribution in [0.3, 0.4) is 0 Å². The van der Waals surface area contributed by atoms with Crippen molar-refractivity contribution in [2.24, 2.45) is 0 Å². The Morgan fingerprint density at radius 2 is 1.90 bits per heavy atom. The van der Waals surface area contributed by atoms with E-state index in [2.05, 4.69) is 26.2 Å². The molecule has 0 aliphatic rings. The van der Waals surface area contributed by atoms with Gasteiger partial charge in [0.15, 0.2) is 5.69 Å². The number of amides is 1. The molecule has 104 valence electrons. The number of nitrogens with zero attached hydrogens (tertiary/aromatic N) is 1. The average molecular weight is 335 g/mol. The van der Waals surface area contributed by atoms with Crippen molar-refractivity contribution in [2.45, 2.75) is 19.9 Å². The lowest BCUT2D eigenvalue weighted by Gasteiger charge is -2.14. The molecule has 0 saturated heterocycles. The molecule has 2 aromatic rings. The molecule has 1 aromatic carbocycles. The van der Waals surface area contributed by atoms with Crippen molar-refractivity contribution in [1.82, 2.24) is 10.3 Å². The van der Waals surface area contributed by atoms with E-state index in [0.717, 1.165) is 5.56 Å². The van der Waals surface area contributed by atoms with Gasteiger partial charge in [0.25, 0.3) is 5.91 Å². The summed E-state index contributed by atoms with van der Waals surface area (Å²) in [6, 6.07) is 10.8. The summed E-state index contributed by atoms with van der Waals surface area (Å²) < 4.78 is 0.503. The van der Waals surface area contributed by atoms with E-state index in [4.69, 9.17) is 0 Å². The zero-order valence-corrected chi connectivity index (χ0v) is 12.8. The first-order valence-corrected chi connectivity index (χ1v) is 6.99. The molecule has 4 nitrogen and oxygen atoms in total. The summed E-state index contributed by atoms with van der Waals surface area (Å²) in [6.07, 6.45) is 0. The van der Waals surface area contributed by atoms with E-state index < -0.39 is 5.91 Å². The van der Waals surface area contributed by atoms with Crippen LogP contribution in [0.15, 0.2) is 41.0 Å². The Morgan fingerprint density at radius 1 is 1.25 bits per heavy atom. The van der Waals surface area contributed by atoms with E-state index in [1.165, 1.54) is 11.6 Å². The van der Waals surface area contributed by atoms with Gasteiger partial charge in [-0.15, -0.1) is 0 Å². The fourth-order valence-electron chi connectivity index (χ4n) is 1.80. The molecular formula is C15H15BrN2O2. The van der Waals surface area contributed by atoms with Gasteiger partial charge in [-0.1, -0.05) is 29.8 Å². The van der Waals surface area contributed by atoms with Gasteiger partial charge in [0.1, 0.15) is 10.4 Å². The number of aryl methyl sites for hydroxylation is 1. The molecule has 2 N–H and O–H groups in total. The lowest BCUT2D eigenvalue weighted by atomic mass is 10.1. The molecule has 20 heavy (non-hydrogen) atoms. The maximum absolute atomic E-state index is 12.1. The molecular weight excluding hydrogens is 320 g/mol. The van der Waals surface area contributed by atoms with Crippen molar-refractivity contribution in [3.8, 4) is 5.75 Å². The second kappa shape index (κ2) is 6.05. The van der Waals surface area contributed by atoms with E-state index in [1.807, 2.05) is 38.1 Å². The summed E-state index contributed by atoms with van der Waals surface area (Å²) in [7, 11) is 0. The Morgan fingerprint density at radius 3 is 2.55 bits per heavy atom. The van der Waals surface area contributed by atoms with Gasteiger partial charge in [0, 0.05) is 0 Å². The number of aromatic hydroxyl groups is 1. The van der Waals surface area contributed by atoms with Crippen molar-refractivity contribution in [2.75, 3.05) is 0 Å². The van der Waals surface area contributed by atoms with Crippen molar-refractivity contribution < 1.29 is 9.90 Å². The fraction of sp³-hybridized carbons (Fsp3) is 0.200. The van der Waals surface area contributed by atoms with Gasteiger partial charge in [0.05, 0.1) is 6.04 Å². The maximum Gasteiger partial charge on any atom is 0.274 e. The smallest absolute Gasteiger partial charge is 0.274 e. The molecule has 0 aliphatic carbocycles. The van der Waals surface area contributed by atoms with Gasteiger partial charge in [-0.2, -0.15) is 0 Å². The third-order valence-electron chi connectivity index (χ3n) is 2.98.